The minimum Gasteiger partial charge on any atom is -0.451 e. The average molecular weight is 340 g/mol. The summed E-state index contributed by atoms with van der Waals surface area (Å²) >= 11 is 1.64. The average Bonchev–Trinajstić information content (AvgIpc) is 3.28. The largest absolute Gasteiger partial charge is 0.451 e. The number of hydrogen-bond donors (Lipinski definition) is 1. The maximum atomic E-state index is 12.9. The number of carbonyl (C=O) groups excluding carboxylic acids is 1. The van der Waals surface area contributed by atoms with Crippen LogP contribution in [-0.4, -0.2) is 10.9 Å². The Bertz CT molecular complexity index is 903. The Balaban J connectivity index is 1.69. The lowest BCUT2D eigenvalue weighted by Crippen LogP contribution is -2.43. The molecule has 5 heteroatoms. The highest BCUT2D eigenvalue weighted by Gasteiger charge is 2.40. The quantitative estimate of drug-likeness (QED) is 0.751. The van der Waals surface area contributed by atoms with E-state index in [1.165, 1.54) is 0 Å². The van der Waals surface area contributed by atoms with Gasteiger partial charge in [0.15, 0.2) is 5.76 Å². The summed E-state index contributed by atoms with van der Waals surface area (Å²) in [5.74, 6) is 0.272. The molecule has 0 aliphatic heterocycles. The Morgan fingerprint density at radius 3 is 2.67 bits per heavy atom. The number of hydrogen-bond acceptors (Lipinski definition) is 4. The van der Waals surface area contributed by atoms with Crippen LogP contribution in [0.1, 0.15) is 52.5 Å². The van der Waals surface area contributed by atoms with Gasteiger partial charge in [0.25, 0.3) is 5.91 Å². The number of para-hydroxylation sites is 1. The molecule has 1 fully saturated rings. The smallest absolute Gasteiger partial charge is 0.288 e. The van der Waals surface area contributed by atoms with E-state index in [0.29, 0.717) is 5.76 Å². The van der Waals surface area contributed by atoms with Gasteiger partial charge in [-0.3, -0.25) is 4.79 Å². The van der Waals surface area contributed by atoms with Crippen LogP contribution in [0.2, 0.25) is 0 Å². The molecular weight excluding hydrogens is 320 g/mol. The molecule has 0 saturated heterocycles. The van der Waals surface area contributed by atoms with Crippen molar-refractivity contribution in [3.05, 3.63) is 51.7 Å². The molecule has 1 aromatic carbocycles. The Hall–Kier alpha value is -2.14. The van der Waals surface area contributed by atoms with Gasteiger partial charge in [-0.05, 0) is 32.8 Å². The molecule has 1 aliphatic carbocycles. The van der Waals surface area contributed by atoms with E-state index in [1.807, 2.05) is 43.5 Å². The van der Waals surface area contributed by atoms with Crippen LogP contribution in [0.3, 0.4) is 0 Å². The number of aryl methyl sites for hydroxylation is 2. The number of benzene rings is 1. The van der Waals surface area contributed by atoms with Crippen molar-refractivity contribution in [1.82, 2.24) is 10.3 Å². The molecule has 1 aliphatic rings. The molecule has 2 aromatic heterocycles. The number of nitrogens with one attached hydrogen (secondary N) is 1. The fourth-order valence-electron chi connectivity index (χ4n) is 3.61. The zero-order chi connectivity index (χ0) is 16.7. The third kappa shape index (κ3) is 2.44. The summed E-state index contributed by atoms with van der Waals surface area (Å²) < 4.78 is 5.83. The van der Waals surface area contributed by atoms with E-state index < -0.39 is 0 Å². The second-order valence-corrected chi connectivity index (χ2v) is 7.45. The summed E-state index contributed by atoms with van der Waals surface area (Å²) in [4.78, 5) is 17.6. The lowest BCUT2D eigenvalue weighted by atomic mass is 9.98. The first-order valence-corrected chi connectivity index (χ1v) is 9.20. The number of amides is 1. The summed E-state index contributed by atoms with van der Waals surface area (Å²) in [6.45, 7) is 3.93. The molecule has 124 valence electrons. The lowest BCUT2D eigenvalue weighted by Gasteiger charge is -2.27. The predicted molar refractivity (Wildman–Crippen MR) is 95.4 cm³/mol. The topological polar surface area (TPSA) is 55.1 Å². The number of nitrogens with zero attached hydrogens (tertiary/aromatic N) is 1. The lowest BCUT2D eigenvalue weighted by molar-refractivity contribution is 0.0870. The Morgan fingerprint density at radius 1 is 1.25 bits per heavy atom. The summed E-state index contributed by atoms with van der Waals surface area (Å²) in [7, 11) is 0. The van der Waals surface area contributed by atoms with Crippen molar-refractivity contribution in [2.45, 2.75) is 45.1 Å². The van der Waals surface area contributed by atoms with E-state index >= 15 is 0 Å². The number of carbonyl (C=O) groups is 1. The van der Waals surface area contributed by atoms with Crippen molar-refractivity contribution in [3.8, 4) is 0 Å². The molecule has 0 atom stereocenters. The number of aromatic nitrogens is 1. The zero-order valence-corrected chi connectivity index (χ0v) is 14.7. The molecule has 1 saturated carbocycles. The second kappa shape index (κ2) is 5.74. The molecule has 0 unspecified atom stereocenters. The minimum atomic E-state index is -0.346. The molecule has 0 radical (unpaired) electrons. The third-order valence-corrected chi connectivity index (χ3v) is 6.05. The molecule has 1 N–H and O–H groups in total. The van der Waals surface area contributed by atoms with Crippen molar-refractivity contribution in [3.63, 3.8) is 0 Å². The van der Waals surface area contributed by atoms with Crippen LogP contribution in [0, 0.1) is 13.8 Å². The summed E-state index contributed by atoms with van der Waals surface area (Å²) in [6, 6.07) is 7.77. The van der Waals surface area contributed by atoms with E-state index in [9.17, 15) is 4.79 Å². The van der Waals surface area contributed by atoms with E-state index in [4.69, 9.17) is 4.42 Å². The molecule has 1 amide bonds. The highest BCUT2D eigenvalue weighted by Crippen LogP contribution is 2.40. The molecule has 4 nitrogen and oxygen atoms in total. The first-order chi connectivity index (χ1) is 11.6. The van der Waals surface area contributed by atoms with Gasteiger partial charge in [-0.25, -0.2) is 4.98 Å². The van der Waals surface area contributed by atoms with E-state index in [-0.39, 0.29) is 11.4 Å². The van der Waals surface area contributed by atoms with Crippen molar-refractivity contribution >= 4 is 28.2 Å². The van der Waals surface area contributed by atoms with Crippen LogP contribution in [0.15, 0.2) is 34.1 Å². The second-order valence-electron chi connectivity index (χ2n) is 6.59. The number of rotatable bonds is 3. The van der Waals surface area contributed by atoms with Gasteiger partial charge in [0.1, 0.15) is 10.6 Å². The Labute approximate surface area is 144 Å². The van der Waals surface area contributed by atoms with Crippen molar-refractivity contribution in [2.75, 3.05) is 0 Å². The Kier molecular flexibility index (Phi) is 3.68. The summed E-state index contributed by atoms with van der Waals surface area (Å²) in [5.41, 5.74) is 2.31. The SMILES string of the molecule is Cc1csc(C2(NC(=O)c3oc4ccccc4c3C)CCCC2)n1. The normalized spacial score (nSPS) is 16.6. The van der Waals surface area contributed by atoms with Gasteiger partial charge in [-0.15, -0.1) is 11.3 Å². The van der Waals surface area contributed by atoms with Gasteiger partial charge in [-0.1, -0.05) is 31.0 Å². The van der Waals surface area contributed by atoms with Crippen LogP contribution in [0.25, 0.3) is 11.0 Å². The minimum absolute atomic E-state index is 0.140. The molecule has 0 spiro atoms. The van der Waals surface area contributed by atoms with Gasteiger partial charge in [0.05, 0.1) is 5.54 Å². The predicted octanol–water partition coefficient (Wildman–Crippen LogP) is 4.71. The summed E-state index contributed by atoms with van der Waals surface area (Å²) in [5, 5.41) is 7.31. The molecule has 0 bridgehead atoms. The van der Waals surface area contributed by atoms with Crippen molar-refractivity contribution in [1.29, 1.82) is 0 Å². The first kappa shape index (κ1) is 15.4. The highest BCUT2D eigenvalue weighted by atomic mass is 32.1. The standard InChI is InChI=1S/C19H20N2O2S/c1-12-11-24-18(20-12)19(9-5-6-10-19)21-17(22)16-13(2)14-7-3-4-8-15(14)23-16/h3-4,7-8,11H,5-6,9-10H2,1-2H3,(H,21,22). The van der Waals surface area contributed by atoms with Gasteiger partial charge >= 0.3 is 0 Å². The Morgan fingerprint density at radius 2 is 2.00 bits per heavy atom. The van der Waals surface area contributed by atoms with Crippen LogP contribution in [-0.2, 0) is 5.54 Å². The first-order valence-electron chi connectivity index (χ1n) is 8.32. The van der Waals surface area contributed by atoms with E-state index in [1.54, 1.807) is 11.3 Å². The van der Waals surface area contributed by atoms with Crippen LogP contribution >= 0.6 is 11.3 Å². The number of fused-ring (bicyclic) bond motifs is 1. The monoisotopic (exact) mass is 340 g/mol. The van der Waals surface area contributed by atoms with Gasteiger partial charge in [-0.2, -0.15) is 0 Å². The number of furan rings is 1. The van der Waals surface area contributed by atoms with Crippen LogP contribution < -0.4 is 5.32 Å². The van der Waals surface area contributed by atoms with Crippen molar-refractivity contribution < 1.29 is 9.21 Å². The maximum absolute atomic E-state index is 12.9. The molecule has 4 rings (SSSR count). The maximum Gasteiger partial charge on any atom is 0.288 e. The molecular formula is C19H20N2O2S. The fraction of sp³-hybridized carbons (Fsp3) is 0.368. The summed E-state index contributed by atoms with van der Waals surface area (Å²) in [6.07, 6.45) is 4.09. The molecule has 24 heavy (non-hydrogen) atoms. The highest BCUT2D eigenvalue weighted by molar-refractivity contribution is 7.09. The number of thiazole rings is 1. The van der Waals surface area contributed by atoms with Gasteiger partial charge in [0, 0.05) is 22.0 Å². The fourth-order valence-corrected chi connectivity index (χ4v) is 4.62. The van der Waals surface area contributed by atoms with E-state index in [2.05, 4.69) is 10.3 Å². The zero-order valence-electron chi connectivity index (χ0n) is 13.9. The van der Waals surface area contributed by atoms with Gasteiger partial charge in [0.2, 0.25) is 0 Å². The van der Waals surface area contributed by atoms with Crippen LogP contribution in [0.5, 0.6) is 0 Å². The van der Waals surface area contributed by atoms with E-state index in [0.717, 1.165) is 52.9 Å². The van der Waals surface area contributed by atoms with Crippen LogP contribution in [0.4, 0.5) is 0 Å². The molecule has 3 aromatic rings. The van der Waals surface area contributed by atoms with Gasteiger partial charge < -0.3 is 9.73 Å². The van der Waals surface area contributed by atoms with Crippen molar-refractivity contribution in [2.24, 2.45) is 0 Å². The third-order valence-electron chi connectivity index (χ3n) is 4.89. The molecule has 2 heterocycles.